The summed E-state index contributed by atoms with van der Waals surface area (Å²) < 4.78 is 0. The van der Waals surface area contributed by atoms with E-state index in [1.807, 2.05) is 36.4 Å². The molecule has 0 saturated carbocycles. The Morgan fingerprint density at radius 1 is 0.769 bits per heavy atom. The van der Waals surface area contributed by atoms with Gasteiger partial charge in [-0.1, -0.05) is 97.1 Å². The minimum atomic E-state index is 0.915. The van der Waals surface area contributed by atoms with Crippen LogP contribution in [0.3, 0.4) is 0 Å². The summed E-state index contributed by atoms with van der Waals surface area (Å²) in [5.41, 5.74) is 7.41. The van der Waals surface area contributed by atoms with Gasteiger partial charge in [0.25, 0.3) is 0 Å². The number of nitrogens with zero attached hydrogens (tertiary/aromatic N) is 1. The molecule has 0 amide bonds. The highest BCUT2D eigenvalue weighted by Crippen LogP contribution is 2.23. The zero-order chi connectivity index (χ0) is 18.4. The summed E-state index contributed by atoms with van der Waals surface area (Å²) in [4.78, 5) is 4.94. The molecular formula is C25H23N. The Kier molecular flexibility index (Phi) is 5.60. The molecule has 1 nitrogen and oxygen atoms in total. The number of benzene rings is 3. The van der Waals surface area contributed by atoms with Gasteiger partial charge in [0.05, 0.1) is 5.70 Å². The molecule has 0 aliphatic rings. The first kappa shape index (κ1) is 17.6. The van der Waals surface area contributed by atoms with E-state index in [2.05, 4.69) is 75.0 Å². The molecule has 0 radical (unpaired) electrons. The zero-order valence-electron chi connectivity index (χ0n) is 15.3. The van der Waals surface area contributed by atoms with Crippen LogP contribution in [0.1, 0.15) is 29.2 Å². The molecule has 3 aromatic rings. The number of rotatable bonds is 5. The van der Waals surface area contributed by atoms with E-state index in [9.17, 15) is 0 Å². The maximum absolute atomic E-state index is 4.94. The van der Waals surface area contributed by atoms with Crippen molar-refractivity contribution in [3.05, 3.63) is 120 Å². The Bertz CT molecular complexity index is 948. The third-order valence-corrected chi connectivity index (χ3v) is 4.25. The van der Waals surface area contributed by atoms with Crippen LogP contribution in [0.2, 0.25) is 0 Å². The molecular weight excluding hydrogens is 314 g/mol. The van der Waals surface area contributed by atoms with Gasteiger partial charge in [-0.3, -0.25) is 4.99 Å². The predicted molar refractivity (Wildman–Crippen MR) is 113 cm³/mol. The third-order valence-electron chi connectivity index (χ3n) is 4.25. The molecule has 26 heavy (non-hydrogen) atoms. The topological polar surface area (TPSA) is 12.4 Å². The quantitative estimate of drug-likeness (QED) is 0.369. The molecule has 3 aromatic carbocycles. The van der Waals surface area contributed by atoms with E-state index in [0.29, 0.717) is 0 Å². The van der Waals surface area contributed by atoms with Crippen LogP contribution in [0.15, 0.2) is 103 Å². The highest BCUT2D eigenvalue weighted by atomic mass is 14.8. The first-order valence-corrected chi connectivity index (χ1v) is 8.77. The lowest BCUT2D eigenvalue weighted by Gasteiger charge is -2.08. The van der Waals surface area contributed by atoms with Crippen LogP contribution in [0.5, 0.6) is 0 Å². The molecule has 0 bridgehead atoms. The van der Waals surface area contributed by atoms with Crippen molar-refractivity contribution >= 4 is 17.0 Å². The van der Waals surface area contributed by atoms with Crippen LogP contribution < -0.4 is 0 Å². The monoisotopic (exact) mass is 337 g/mol. The molecule has 0 saturated heterocycles. The maximum Gasteiger partial charge on any atom is 0.0711 e. The molecule has 3 rings (SSSR count). The van der Waals surface area contributed by atoms with E-state index in [1.54, 1.807) is 0 Å². The Balaban J connectivity index is 2.03. The van der Waals surface area contributed by atoms with Gasteiger partial charge in [-0.15, -0.1) is 0 Å². The first-order valence-electron chi connectivity index (χ1n) is 8.77. The van der Waals surface area contributed by atoms with Crippen LogP contribution in [-0.4, -0.2) is 5.71 Å². The van der Waals surface area contributed by atoms with Gasteiger partial charge < -0.3 is 0 Å². The molecule has 0 aliphatic heterocycles. The second-order valence-electron chi connectivity index (χ2n) is 6.35. The minimum Gasteiger partial charge on any atom is -0.252 e. The van der Waals surface area contributed by atoms with E-state index in [-0.39, 0.29) is 0 Å². The van der Waals surface area contributed by atoms with Crippen LogP contribution >= 0.6 is 0 Å². The summed E-state index contributed by atoms with van der Waals surface area (Å²) in [7, 11) is 0. The van der Waals surface area contributed by atoms with Gasteiger partial charge in [-0.25, -0.2) is 0 Å². The van der Waals surface area contributed by atoms with E-state index < -0.39 is 0 Å². The van der Waals surface area contributed by atoms with Gasteiger partial charge in [0, 0.05) is 11.3 Å². The van der Waals surface area contributed by atoms with Gasteiger partial charge in [0.15, 0.2) is 0 Å². The Labute approximate surface area is 156 Å². The SMILES string of the molecule is C=C(/C=C(\N=C(C)c1cccc(C)c1)c1ccccc1)c1ccccc1. The van der Waals surface area contributed by atoms with Gasteiger partial charge in [-0.2, -0.15) is 0 Å². The molecule has 128 valence electrons. The lowest BCUT2D eigenvalue weighted by Crippen LogP contribution is -1.96. The number of aryl methyl sites for hydroxylation is 1. The lowest BCUT2D eigenvalue weighted by molar-refractivity contribution is 1.43. The van der Waals surface area contributed by atoms with Crippen molar-refractivity contribution in [3.63, 3.8) is 0 Å². The van der Waals surface area contributed by atoms with Crippen molar-refractivity contribution in [1.82, 2.24) is 0 Å². The summed E-state index contributed by atoms with van der Waals surface area (Å²) in [5.74, 6) is 0. The van der Waals surface area contributed by atoms with Crippen molar-refractivity contribution in [1.29, 1.82) is 0 Å². The fourth-order valence-corrected chi connectivity index (χ4v) is 2.81. The smallest absolute Gasteiger partial charge is 0.0711 e. The van der Waals surface area contributed by atoms with E-state index in [0.717, 1.165) is 33.7 Å². The summed E-state index contributed by atoms with van der Waals surface area (Å²) in [6.45, 7) is 8.39. The highest BCUT2D eigenvalue weighted by molar-refractivity contribution is 6.02. The summed E-state index contributed by atoms with van der Waals surface area (Å²) >= 11 is 0. The second kappa shape index (κ2) is 8.26. The maximum atomic E-state index is 4.94. The molecule has 0 spiro atoms. The van der Waals surface area contributed by atoms with Crippen LogP contribution in [0.25, 0.3) is 11.3 Å². The van der Waals surface area contributed by atoms with Crippen molar-refractivity contribution in [2.75, 3.05) is 0 Å². The van der Waals surface area contributed by atoms with Gasteiger partial charge in [0.2, 0.25) is 0 Å². The molecule has 0 atom stereocenters. The van der Waals surface area contributed by atoms with Gasteiger partial charge >= 0.3 is 0 Å². The molecule has 0 fully saturated rings. The molecule has 0 heterocycles. The largest absolute Gasteiger partial charge is 0.252 e. The average Bonchev–Trinajstić information content (AvgIpc) is 2.68. The molecule has 0 aromatic heterocycles. The molecule has 0 aliphatic carbocycles. The fourth-order valence-electron chi connectivity index (χ4n) is 2.81. The Hall–Kier alpha value is -3.19. The van der Waals surface area contributed by atoms with Gasteiger partial charge in [-0.05, 0) is 36.6 Å². The van der Waals surface area contributed by atoms with Gasteiger partial charge in [0.1, 0.15) is 0 Å². The summed E-state index contributed by atoms with van der Waals surface area (Å²) in [6, 6.07) is 28.9. The van der Waals surface area contributed by atoms with Crippen molar-refractivity contribution in [3.8, 4) is 0 Å². The van der Waals surface area contributed by atoms with Crippen molar-refractivity contribution in [2.45, 2.75) is 13.8 Å². The highest BCUT2D eigenvalue weighted by Gasteiger charge is 2.05. The molecule has 1 heteroatoms. The predicted octanol–water partition coefficient (Wildman–Crippen LogP) is 6.56. The molecule has 0 N–H and O–H groups in total. The zero-order valence-corrected chi connectivity index (χ0v) is 15.3. The van der Waals surface area contributed by atoms with Crippen molar-refractivity contribution in [2.24, 2.45) is 4.99 Å². The van der Waals surface area contributed by atoms with Crippen LogP contribution in [0.4, 0.5) is 0 Å². The standard InChI is InChI=1S/C25H23N/c1-19-11-10-16-24(17-19)21(3)26-25(23-14-8-5-9-15-23)18-20(2)22-12-6-4-7-13-22/h4-18H,2H2,1,3H3/b25-18-,26-21?. The van der Waals surface area contributed by atoms with E-state index >= 15 is 0 Å². The third kappa shape index (κ3) is 4.46. The number of hydrogen-bond donors (Lipinski definition) is 0. The normalized spacial score (nSPS) is 12.1. The Morgan fingerprint density at radius 2 is 1.35 bits per heavy atom. The lowest BCUT2D eigenvalue weighted by atomic mass is 10.0. The van der Waals surface area contributed by atoms with Crippen LogP contribution in [0, 0.1) is 6.92 Å². The summed E-state index contributed by atoms with van der Waals surface area (Å²) in [6.07, 6.45) is 2.06. The van der Waals surface area contributed by atoms with Crippen LogP contribution in [-0.2, 0) is 0 Å². The number of hydrogen-bond acceptors (Lipinski definition) is 1. The minimum absolute atomic E-state index is 0.915. The molecule has 0 unspecified atom stereocenters. The Morgan fingerprint density at radius 3 is 1.96 bits per heavy atom. The number of allylic oxidation sites excluding steroid dienone is 2. The first-order chi connectivity index (χ1) is 12.6. The van der Waals surface area contributed by atoms with Crippen molar-refractivity contribution < 1.29 is 0 Å². The fraction of sp³-hybridized carbons (Fsp3) is 0.0800. The summed E-state index contributed by atoms with van der Waals surface area (Å²) in [5, 5.41) is 0. The van der Waals surface area contributed by atoms with E-state index in [4.69, 9.17) is 4.99 Å². The average molecular weight is 337 g/mol. The van der Waals surface area contributed by atoms with E-state index in [1.165, 1.54) is 5.56 Å². The number of aliphatic imine (C=N–C) groups is 1. The second-order valence-corrected chi connectivity index (χ2v) is 6.35.